The van der Waals surface area contributed by atoms with Crippen molar-refractivity contribution in [2.75, 3.05) is 14.1 Å². The number of rotatable bonds is 1. The van der Waals surface area contributed by atoms with Gasteiger partial charge in [0.05, 0.1) is 0 Å². The van der Waals surface area contributed by atoms with Crippen LogP contribution in [0.5, 0.6) is 0 Å². The Kier molecular flexibility index (Phi) is 1.80. The molecule has 1 fully saturated rings. The molecule has 60 valence electrons. The molecule has 1 saturated carbocycles. The van der Waals surface area contributed by atoms with Gasteiger partial charge in [-0.2, -0.15) is 0 Å². The summed E-state index contributed by atoms with van der Waals surface area (Å²) in [6.07, 6.45) is 1.36. The van der Waals surface area contributed by atoms with Gasteiger partial charge in [0, 0.05) is 5.54 Å². The zero-order valence-corrected chi connectivity index (χ0v) is 7.81. The van der Waals surface area contributed by atoms with Gasteiger partial charge in [-0.15, -0.1) is 0 Å². The zero-order chi connectivity index (χ0) is 7.94. The Hall–Kier alpha value is -0.0400. The summed E-state index contributed by atoms with van der Waals surface area (Å²) in [6, 6.07) is 0. The molecule has 0 spiro atoms. The Morgan fingerprint density at radius 1 is 1.30 bits per heavy atom. The SMILES string of the molecule is CC1CC(C)(N(C)C)C1C. The molecule has 0 heterocycles. The van der Waals surface area contributed by atoms with Crippen molar-refractivity contribution in [1.82, 2.24) is 4.90 Å². The normalized spacial score (nSPS) is 47.4. The van der Waals surface area contributed by atoms with E-state index in [2.05, 4.69) is 39.8 Å². The van der Waals surface area contributed by atoms with Crippen LogP contribution in [0.4, 0.5) is 0 Å². The number of nitrogens with zero attached hydrogens (tertiary/aromatic N) is 1. The summed E-state index contributed by atoms with van der Waals surface area (Å²) in [5, 5.41) is 0. The Morgan fingerprint density at radius 3 is 1.90 bits per heavy atom. The minimum atomic E-state index is 0.486. The second-order valence-electron chi connectivity index (χ2n) is 4.22. The molecule has 1 nitrogen and oxygen atoms in total. The average Bonchev–Trinajstić information content (AvgIpc) is 1.87. The maximum atomic E-state index is 2.36. The van der Waals surface area contributed by atoms with E-state index in [1.54, 1.807) is 0 Å². The first-order valence-electron chi connectivity index (χ1n) is 4.16. The molecule has 1 aliphatic rings. The third-order valence-corrected chi connectivity index (χ3v) is 3.59. The fourth-order valence-electron chi connectivity index (χ4n) is 2.06. The predicted octanol–water partition coefficient (Wildman–Crippen LogP) is 1.98. The highest BCUT2D eigenvalue weighted by Gasteiger charge is 2.46. The number of hydrogen-bond donors (Lipinski definition) is 0. The molecule has 0 aliphatic heterocycles. The van der Waals surface area contributed by atoms with Gasteiger partial charge in [-0.25, -0.2) is 0 Å². The van der Waals surface area contributed by atoms with Gasteiger partial charge in [0.2, 0.25) is 0 Å². The van der Waals surface area contributed by atoms with Crippen LogP contribution in [0.3, 0.4) is 0 Å². The van der Waals surface area contributed by atoms with E-state index in [1.165, 1.54) is 6.42 Å². The average molecular weight is 141 g/mol. The largest absolute Gasteiger partial charge is 0.304 e. The molecule has 0 aromatic heterocycles. The summed E-state index contributed by atoms with van der Waals surface area (Å²) in [7, 11) is 4.37. The van der Waals surface area contributed by atoms with E-state index in [-0.39, 0.29) is 0 Å². The fraction of sp³-hybridized carbons (Fsp3) is 1.00. The maximum Gasteiger partial charge on any atom is 0.0206 e. The molecular formula is C9H19N. The Labute approximate surface area is 64.4 Å². The molecule has 0 saturated heterocycles. The molecule has 0 aromatic rings. The van der Waals surface area contributed by atoms with Crippen molar-refractivity contribution in [1.29, 1.82) is 0 Å². The van der Waals surface area contributed by atoms with Gasteiger partial charge in [0.15, 0.2) is 0 Å². The van der Waals surface area contributed by atoms with Gasteiger partial charge < -0.3 is 4.90 Å². The lowest BCUT2D eigenvalue weighted by atomic mass is 9.61. The minimum Gasteiger partial charge on any atom is -0.304 e. The Morgan fingerprint density at radius 2 is 1.80 bits per heavy atom. The van der Waals surface area contributed by atoms with Crippen LogP contribution in [0.1, 0.15) is 27.2 Å². The molecule has 3 unspecified atom stereocenters. The van der Waals surface area contributed by atoms with Crippen molar-refractivity contribution in [2.45, 2.75) is 32.7 Å². The lowest BCUT2D eigenvalue weighted by Crippen LogP contribution is -2.58. The molecule has 1 aliphatic carbocycles. The van der Waals surface area contributed by atoms with Gasteiger partial charge >= 0.3 is 0 Å². The van der Waals surface area contributed by atoms with Crippen molar-refractivity contribution in [3.8, 4) is 0 Å². The Balaban J connectivity index is 2.58. The molecular weight excluding hydrogens is 122 g/mol. The van der Waals surface area contributed by atoms with Gasteiger partial charge in [0.1, 0.15) is 0 Å². The molecule has 1 rings (SSSR count). The van der Waals surface area contributed by atoms with Crippen LogP contribution >= 0.6 is 0 Å². The first kappa shape index (κ1) is 8.06. The predicted molar refractivity (Wildman–Crippen MR) is 45.0 cm³/mol. The van der Waals surface area contributed by atoms with Gasteiger partial charge in [-0.3, -0.25) is 0 Å². The lowest BCUT2D eigenvalue weighted by molar-refractivity contribution is -0.0359. The summed E-state index contributed by atoms with van der Waals surface area (Å²) < 4.78 is 0. The van der Waals surface area contributed by atoms with E-state index in [0.717, 1.165) is 11.8 Å². The molecule has 0 aromatic carbocycles. The van der Waals surface area contributed by atoms with E-state index in [0.29, 0.717) is 5.54 Å². The topological polar surface area (TPSA) is 3.24 Å². The highest BCUT2D eigenvalue weighted by atomic mass is 15.2. The summed E-state index contributed by atoms with van der Waals surface area (Å²) in [4.78, 5) is 2.36. The highest BCUT2D eigenvalue weighted by molar-refractivity contribution is 5.01. The molecule has 3 atom stereocenters. The van der Waals surface area contributed by atoms with E-state index in [1.807, 2.05) is 0 Å². The summed E-state index contributed by atoms with van der Waals surface area (Å²) >= 11 is 0. The van der Waals surface area contributed by atoms with E-state index < -0.39 is 0 Å². The molecule has 0 radical (unpaired) electrons. The second kappa shape index (κ2) is 2.23. The first-order valence-corrected chi connectivity index (χ1v) is 4.16. The van der Waals surface area contributed by atoms with Crippen LogP contribution in [-0.2, 0) is 0 Å². The van der Waals surface area contributed by atoms with Gasteiger partial charge in [-0.05, 0) is 39.3 Å². The molecule has 0 N–H and O–H groups in total. The number of hydrogen-bond acceptors (Lipinski definition) is 1. The smallest absolute Gasteiger partial charge is 0.0206 e. The van der Waals surface area contributed by atoms with Crippen molar-refractivity contribution >= 4 is 0 Å². The van der Waals surface area contributed by atoms with Crippen LogP contribution in [-0.4, -0.2) is 24.5 Å². The third-order valence-electron chi connectivity index (χ3n) is 3.59. The van der Waals surface area contributed by atoms with Crippen molar-refractivity contribution in [3.05, 3.63) is 0 Å². The van der Waals surface area contributed by atoms with Crippen molar-refractivity contribution < 1.29 is 0 Å². The zero-order valence-electron chi connectivity index (χ0n) is 7.81. The van der Waals surface area contributed by atoms with Gasteiger partial charge in [0.25, 0.3) is 0 Å². The van der Waals surface area contributed by atoms with E-state index in [4.69, 9.17) is 0 Å². The van der Waals surface area contributed by atoms with E-state index >= 15 is 0 Å². The fourth-order valence-corrected chi connectivity index (χ4v) is 2.06. The Bertz CT molecular complexity index is 131. The maximum absolute atomic E-state index is 2.36. The molecule has 0 bridgehead atoms. The monoisotopic (exact) mass is 141 g/mol. The van der Waals surface area contributed by atoms with Crippen LogP contribution in [0.15, 0.2) is 0 Å². The van der Waals surface area contributed by atoms with Crippen LogP contribution in [0.2, 0.25) is 0 Å². The van der Waals surface area contributed by atoms with Crippen LogP contribution in [0, 0.1) is 11.8 Å². The van der Waals surface area contributed by atoms with Crippen LogP contribution < -0.4 is 0 Å². The van der Waals surface area contributed by atoms with Crippen LogP contribution in [0.25, 0.3) is 0 Å². The molecule has 0 amide bonds. The summed E-state index contributed by atoms with van der Waals surface area (Å²) in [5.41, 5.74) is 0.486. The second-order valence-corrected chi connectivity index (χ2v) is 4.22. The lowest BCUT2D eigenvalue weighted by Gasteiger charge is -2.55. The van der Waals surface area contributed by atoms with E-state index in [9.17, 15) is 0 Å². The minimum absolute atomic E-state index is 0.486. The molecule has 1 heteroatoms. The first-order chi connectivity index (χ1) is 4.48. The standard InChI is InChI=1S/C9H19N/c1-7-6-9(3,8(7)2)10(4)5/h7-8H,6H2,1-5H3. The summed E-state index contributed by atoms with van der Waals surface area (Å²) in [5.74, 6) is 1.79. The van der Waals surface area contributed by atoms with Gasteiger partial charge in [-0.1, -0.05) is 13.8 Å². The summed E-state index contributed by atoms with van der Waals surface area (Å²) in [6.45, 7) is 7.06. The van der Waals surface area contributed by atoms with Crippen molar-refractivity contribution in [3.63, 3.8) is 0 Å². The third kappa shape index (κ3) is 0.878. The highest BCUT2D eigenvalue weighted by Crippen LogP contribution is 2.45. The quantitative estimate of drug-likeness (QED) is 0.539. The van der Waals surface area contributed by atoms with Crippen molar-refractivity contribution in [2.24, 2.45) is 11.8 Å². The molecule has 10 heavy (non-hydrogen) atoms.